The molecule has 0 bridgehead atoms. The van der Waals surface area contributed by atoms with Crippen LogP contribution in [-0.2, 0) is 11.2 Å². The summed E-state index contributed by atoms with van der Waals surface area (Å²) in [4.78, 5) is 12.0. The number of hydrogen-bond donors (Lipinski definition) is 1. The summed E-state index contributed by atoms with van der Waals surface area (Å²) in [6.07, 6.45) is 0.947. The highest BCUT2D eigenvalue weighted by Crippen LogP contribution is 2.20. The average Bonchev–Trinajstić information content (AvgIpc) is 3.10. The van der Waals surface area contributed by atoms with Crippen LogP contribution in [0.15, 0.2) is 64.2 Å². The highest BCUT2D eigenvalue weighted by atomic mass is 32.2. The van der Waals surface area contributed by atoms with Gasteiger partial charge >= 0.3 is 0 Å². The summed E-state index contributed by atoms with van der Waals surface area (Å²) in [7, 11) is 1.59. The monoisotopic (exact) mass is 369 g/mol. The normalized spacial score (nSPS) is 10.5. The third-order valence-corrected chi connectivity index (χ3v) is 4.37. The van der Waals surface area contributed by atoms with Crippen LogP contribution < -0.4 is 10.1 Å². The molecule has 6 nitrogen and oxygen atoms in total. The Kier molecular flexibility index (Phi) is 6.27. The van der Waals surface area contributed by atoms with E-state index in [1.54, 1.807) is 13.2 Å². The summed E-state index contributed by atoms with van der Waals surface area (Å²) in [5, 5.41) is 11.4. The van der Waals surface area contributed by atoms with Gasteiger partial charge in [-0.2, -0.15) is 0 Å². The van der Waals surface area contributed by atoms with E-state index in [0.717, 1.165) is 5.56 Å². The van der Waals surface area contributed by atoms with Gasteiger partial charge in [0.25, 0.3) is 5.22 Å². The molecule has 1 heterocycles. The van der Waals surface area contributed by atoms with Crippen LogP contribution in [0.5, 0.6) is 5.75 Å². The number of aromatic nitrogens is 2. The van der Waals surface area contributed by atoms with Gasteiger partial charge in [0.1, 0.15) is 5.75 Å². The van der Waals surface area contributed by atoms with Gasteiger partial charge in [0.05, 0.1) is 13.5 Å². The first-order valence-electron chi connectivity index (χ1n) is 8.16. The molecule has 3 aromatic rings. The third kappa shape index (κ3) is 5.35. The molecule has 3 rings (SSSR count). The maximum Gasteiger partial charge on any atom is 0.276 e. The molecule has 0 radical (unpaired) electrons. The van der Waals surface area contributed by atoms with Crippen LogP contribution >= 0.6 is 11.8 Å². The average molecular weight is 369 g/mol. The molecule has 7 heteroatoms. The number of amides is 1. The number of hydrogen-bond acceptors (Lipinski definition) is 6. The van der Waals surface area contributed by atoms with Crippen molar-refractivity contribution in [3.63, 3.8) is 0 Å². The molecule has 0 aliphatic carbocycles. The second kappa shape index (κ2) is 9.05. The maximum atomic E-state index is 12.0. The summed E-state index contributed by atoms with van der Waals surface area (Å²) in [5.41, 5.74) is 1.83. The Morgan fingerprint density at radius 2 is 2.00 bits per heavy atom. The number of anilines is 1. The van der Waals surface area contributed by atoms with Crippen molar-refractivity contribution in [3.8, 4) is 5.75 Å². The summed E-state index contributed by atoms with van der Waals surface area (Å²) in [6.45, 7) is 0. The van der Waals surface area contributed by atoms with E-state index in [-0.39, 0.29) is 5.91 Å². The number of methoxy groups -OCH3 is 1. The highest BCUT2D eigenvalue weighted by molar-refractivity contribution is 7.99. The van der Waals surface area contributed by atoms with Gasteiger partial charge in [-0.3, -0.25) is 4.79 Å². The third-order valence-electron chi connectivity index (χ3n) is 3.55. The number of nitrogens with one attached hydrogen (secondary N) is 1. The lowest BCUT2D eigenvalue weighted by Crippen LogP contribution is -2.12. The van der Waals surface area contributed by atoms with Crippen molar-refractivity contribution in [2.75, 3.05) is 18.2 Å². The zero-order chi connectivity index (χ0) is 18.2. The Labute approximate surface area is 156 Å². The van der Waals surface area contributed by atoms with Crippen LogP contribution in [0.3, 0.4) is 0 Å². The molecule has 26 heavy (non-hydrogen) atoms. The number of carbonyl (C=O) groups is 1. The molecule has 0 aliphatic rings. The SMILES string of the molecule is COc1cccc(NC(=O)CCSc2nnc(Cc3ccccc3)o2)c1. The molecule has 0 aliphatic heterocycles. The second-order valence-electron chi connectivity index (χ2n) is 5.50. The molecule has 2 aromatic carbocycles. The lowest BCUT2D eigenvalue weighted by atomic mass is 10.2. The smallest absolute Gasteiger partial charge is 0.276 e. The van der Waals surface area contributed by atoms with Gasteiger partial charge in [0, 0.05) is 23.9 Å². The fourth-order valence-electron chi connectivity index (χ4n) is 2.29. The number of carbonyl (C=O) groups excluding carboxylic acids is 1. The molecular weight excluding hydrogens is 350 g/mol. The fraction of sp³-hybridized carbons (Fsp3) is 0.211. The second-order valence-corrected chi connectivity index (χ2v) is 6.55. The predicted octanol–water partition coefficient (Wildman–Crippen LogP) is 3.79. The zero-order valence-electron chi connectivity index (χ0n) is 14.3. The molecule has 0 unspecified atom stereocenters. The molecule has 0 spiro atoms. The van der Waals surface area contributed by atoms with E-state index in [4.69, 9.17) is 9.15 Å². The largest absolute Gasteiger partial charge is 0.497 e. The predicted molar refractivity (Wildman–Crippen MR) is 101 cm³/mol. The number of rotatable bonds is 8. The quantitative estimate of drug-likeness (QED) is 0.609. The molecule has 0 saturated carbocycles. The van der Waals surface area contributed by atoms with Crippen molar-refractivity contribution >= 4 is 23.4 Å². The van der Waals surface area contributed by atoms with Gasteiger partial charge in [0.2, 0.25) is 11.8 Å². The van der Waals surface area contributed by atoms with Crippen LogP contribution in [0.25, 0.3) is 0 Å². The van der Waals surface area contributed by atoms with E-state index >= 15 is 0 Å². The summed E-state index contributed by atoms with van der Waals surface area (Å²) in [6, 6.07) is 17.2. The molecular formula is C19H19N3O3S. The first-order chi connectivity index (χ1) is 12.7. The van der Waals surface area contributed by atoms with Crippen LogP contribution in [0.2, 0.25) is 0 Å². The zero-order valence-corrected chi connectivity index (χ0v) is 15.2. The fourth-order valence-corrected chi connectivity index (χ4v) is 3.01. The first kappa shape index (κ1) is 18.0. The lowest BCUT2D eigenvalue weighted by molar-refractivity contribution is -0.115. The summed E-state index contributed by atoms with van der Waals surface area (Å²) >= 11 is 1.37. The minimum Gasteiger partial charge on any atom is -0.497 e. The van der Waals surface area contributed by atoms with Crippen molar-refractivity contribution in [1.29, 1.82) is 0 Å². The number of thioether (sulfide) groups is 1. The first-order valence-corrected chi connectivity index (χ1v) is 9.14. The summed E-state index contributed by atoms with van der Waals surface area (Å²) < 4.78 is 10.7. The molecule has 134 valence electrons. The molecule has 0 saturated heterocycles. The van der Waals surface area contributed by atoms with Crippen molar-refractivity contribution in [2.45, 2.75) is 18.1 Å². The van der Waals surface area contributed by atoms with Gasteiger partial charge < -0.3 is 14.5 Å². The molecule has 0 fully saturated rings. The van der Waals surface area contributed by atoms with E-state index < -0.39 is 0 Å². The highest BCUT2D eigenvalue weighted by Gasteiger charge is 2.09. The topological polar surface area (TPSA) is 77.2 Å². The van der Waals surface area contributed by atoms with Gasteiger partial charge in [-0.25, -0.2) is 0 Å². The Hall–Kier alpha value is -2.80. The summed E-state index contributed by atoms with van der Waals surface area (Å²) in [5.74, 6) is 1.76. The Morgan fingerprint density at radius 3 is 2.81 bits per heavy atom. The molecule has 1 N–H and O–H groups in total. The van der Waals surface area contributed by atoms with Gasteiger partial charge in [-0.05, 0) is 17.7 Å². The van der Waals surface area contributed by atoms with E-state index in [2.05, 4.69) is 15.5 Å². The number of benzene rings is 2. The molecule has 0 atom stereocenters. The van der Waals surface area contributed by atoms with Gasteiger partial charge in [-0.1, -0.05) is 48.2 Å². The molecule has 1 aromatic heterocycles. The minimum atomic E-state index is -0.0743. The molecule has 1 amide bonds. The van der Waals surface area contributed by atoms with Crippen molar-refractivity contribution in [2.24, 2.45) is 0 Å². The van der Waals surface area contributed by atoms with E-state index in [0.29, 0.717) is 41.1 Å². The Bertz CT molecular complexity index is 852. The van der Waals surface area contributed by atoms with Crippen molar-refractivity contribution in [1.82, 2.24) is 10.2 Å². The lowest BCUT2D eigenvalue weighted by Gasteiger charge is -2.06. The van der Waals surface area contributed by atoms with E-state index in [1.165, 1.54) is 11.8 Å². The van der Waals surface area contributed by atoms with Gasteiger partial charge in [-0.15, -0.1) is 10.2 Å². The van der Waals surface area contributed by atoms with Gasteiger partial charge in [0.15, 0.2) is 0 Å². The number of nitrogens with zero attached hydrogens (tertiary/aromatic N) is 2. The maximum absolute atomic E-state index is 12.0. The number of ether oxygens (including phenoxy) is 1. The minimum absolute atomic E-state index is 0.0743. The van der Waals surface area contributed by atoms with Crippen molar-refractivity contribution in [3.05, 3.63) is 66.1 Å². The van der Waals surface area contributed by atoms with Crippen LogP contribution in [0, 0.1) is 0 Å². The van der Waals surface area contributed by atoms with Crippen molar-refractivity contribution < 1.29 is 13.9 Å². The standard InChI is InChI=1S/C19H19N3O3S/c1-24-16-9-5-8-15(13-16)20-17(23)10-11-26-19-22-21-18(25-19)12-14-6-3-2-4-7-14/h2-9,13H,10-12H2,1H3,(H,20,23). The van der Waals surface area contributed by atoms with E-state index in [9.17, 15) is 4.79 Å². The Morgan fingerprint density at radius 1 is 1.15 bits per heavy atom. The van der Waals surface area contributed by atoms with E-state index in [1.807, 2.05) is 48.5 Å². The van der Waals surface area contributed by atoms with Crippen LogP contribution in [0.1, 0.15) is 17.9 Å². The Balaban J connectivity index is 1.44. The van der Waals surface area contributed by atoms with Crippen LogP contribution in [0.4, 0.5) is 5.69 Å². The van der Waals surface area contributed by atoms with Crippen LogP contribution in [-0.4, -0.2) is 29.0 Å².